The number of nitrogens with two attached hydrogens (primary N) is 1. The smallest absolute Gasteiger partial charge is 0.165 e. The van der Waals surface area contributed by atoms with Crippen molar-refractivity contribution in [2.75, 3.05) is 17.3 Å². The van der Waals surface area contributed by atoms with Gasteiger partial charge in [0.05, 0.1) is 18.4 Å². The number of hydrogen-bond acceptors (Lipinski definition) is 4. The molecule has 0 aliphatic heterocycles. The Hall–Kier alpha value is -2.63. The van der Waals surface area contributed by atoms with E-state index >= 15 is 0 Å². The Morgan fingerprint density at radius 2 is 2.00 bits per heavy atom. The van der Waals surface area contributed by atoms with Crippen molar-refractivity contribution >= 4 is 11.4 Å². The van der Waals surface area contributed by atoms with Gasteiger partial charge in [0.1, 0.15) is 5.69 Å². The van der Waals surface area contributed by atoms with Crippen LogP contribution in [-0.2, 0) is 6.42 Å². The molecule has 98 valence electrons. The highest BCUT2D eigenvalue weighted by Gasteiger charge is 2.17. The molecule has 0 aliphatic carbocycles. The topological polar surface area (TPSA) is 85.3 Å². The van der Waals surface area contributed by atoms with Gasteiger partial charge in [-0.05, 0) is 18.1 Å². The molecule has 0 amide bonds. The summed E-state index contributed by atoms with van der Waals surface area (Å²) in [5.41, 5.74) is 7.44. The van der Waals surface area contributed by atoms with Gasteiger partial charge in [-0.1, -0.05) is 35.3 Å². The SMILES string of the molecule is Nc1cncc(N(CCc2ccccc2)[N+](=O)[O-])c1. The lowest BCUT2D eigenvalue weighted by Crippen LogP contribution is -2.32. The molecule has 0 saturated carbocycles. The minimum atomic E-state index is -0.445. The largest absolute Gasteiger partial charge is 0.397 e. The zero-order valence-electron chi connectivity index (χ0n) is 10.3. The van der Waals surface area contributed by atoms with Crippen molar-refractivity contribution in [1.82, 2.24) is 4.98 Å². The molecular formula is C13H14N4O2. The van der Waals surface area contributed by atoms with E-state index in [1.165, 1.54) is 12.4 Å². The molecule has 0 radical (unpaired) electrons. The molecule has 0 unspecified atom stereocenters. The highest BCUT2D eigenvalue weighted by atomic mass is 16.7. The number of nitrogens with zero attached hydrogens (tertiary/aromatic N) is 3. The van der Waals surface area contributed by atoms with Crippen molar-refractivity contribution in [3.63, 3.8) is 0 Å². The molecule has 2 rings (SSSR count). The predicted octanol–water partition coefficient (Wildman–Crippen LogP) is 1.90. The fourth-order valence-corrected chi connectivity index (χ4v) is 1.77. The summed E-state index contributed by atoms with van der Waals surface area (Å²) in [5, 5.41) is 11.7. The first-order valence-electron chi connectivity index (χ1n) is 5.83. The molecule has 2 N–H and O–H groups in total. The summed E-state index contributed by atoms with van der Waals surface area (Å²) < 4.78 is 0. The Balaban J connectivity index is 2.11. The molecule has 0 aliphatic rings. The van der Waals surface area contributed by atoms with Crippen LogP contribution in [-0.4, -0.2) is 16.6 Å². The van der Waals surface area contributed by atoms with E-state index in [2.05, 4.69) is 4.98 Å². The number of benzene rings is 1. The third kappa shape index (κ3) is 3.41. The molecule has 0 fully saturated rings. The lowest BCUT2D eigenvalue weighted by molar-refractivity contribution is -0.494. The van der Waals surface area contributed by atoms with Crippen LogP contribution in [0.5, 0.6) is 0 Å². The quantitative estimate of drug-likeness (QED) is 0.654. The van der Waals surface area contributed by atoms with Crippen molar-refractivity contribution < 1.29 is 5.03 Å². The summed E-state index contributed by atoms with van der Waals surface area (Å²) >= 11 is 0. The highest BCUT2D eigenvalue weighted by Crippen LogP contribution is 2.16. The van der Waals surface area contributed by atoms with Crippen LogP contribution in [0.4, 0.5) is 11.4 Å². The minimum absolute atomic E-state index is 0.266. The molecule has 0 atom stereocenters. The van der Waals surface area contributed by atoms with Gasteiger partial charge in [-0.15, -0.1) is 0 Å². The Morgan fingerprint density at radius 3 is 2.63 bits per heavy atom. The number of anilines is 2. The van der Waals surface area contributed by atoms with Crippen LogP contribution in [0.3, 0.4) is 0 Å². The Morgan fingerprint density at radius 1 is 1.26 bits per heavy atom. The van der Waals surface area contributed by atoms with Crippen molar-refractivity contribution in [3.05, 3.63) is 64.5 Å². The van der Waals surface area contributed by atoms with Crippen molar-refractivity contribution in [2.45, 2.75) is 6.42 Å². The van der Waals surface area contributed by atoms with E-state index < -0.39 is 5.03 Å². The van der Waals surface area contributed by atoms with Gasteiger partial charge in [-0.25, -0.2) is 10.1 Å². The van der Waals surface area contributed by atoms with Crippen LogP contribution in [0.25, 0.3) is 0 Å². The summed E-state index contributed by atoms with van der Waals surface area (Å²) in [6, 6.07) is 11.2. The van der Waals surface area contributed by atoms with Crippen LogP contribution < -0.4 is 10.7 Å². The van der Waals surface area contributed by atoms with Gasteiger partial charge >= 0.3 is 0 Å². The third-order valence-corrected chi connectivity index (χ3v) is 2.70. The number of nitro groups is 1. The standard InChI is InChI=1S/C13H14N4O2/c14-12-8-13(10-15-9-12)16(17(18)19)7-6-11-4-2-1-3-5-11/h1-5,8-10H,6-7,14H2. The second kappa shape index (κ2) is 5.81. The van der Waals surface area contributed by atoms with Gasteiger partial charge in [-0.2, -0.15) is 0 Å². The average molecular weight is 258 g/mol. The summed E-state index contributed by atoms with van der Waals surface area (Å²) in [6.07, 6.45) is 3.47. The molecule has 1 heterocycles. The first-order chi connectivity index (χ1) is 9.16. The van der Waals surface area contributed by atoms with Gasteiger partial charge in [-0.3, -0.25) is 4.98 Å². The third-order valence-electron chi connectivity index (χ3n) is 2.70. The van der Waals surface area contributed by atoms with Gasteiger partial charge in [0.25, 0.3) is 0 Å². The van der Waals surface area contributed by atoms with Gasteiger partial charge < -0.3 is 5.73 Å². The van der Waals surface area contributed by atoms with E-state index in [1.807, 2.05) is 30.3 Å². The van der Waals surface area contributed by atoms with E-state index in [9.17, 15) is 10.1 Å². The maximum atomic E-state index is 11.1. The van der Waals surface area contributed by atoms with Gasteiger partial charge in [0, 0.05) is 6.20 Å². The van der Waals surface area contributed by atoms with Crippen molar-refractivity contribution in [2.24, 2.45) is 0 Å². The normalized spacial score (nSPS) is 10.1. The van der Waals surface area contributed by atoms with Crippen LogP contribution >= 0.6 is 0 Å². The zero-order chi connectivity index (χ0) is 13.7. The average Bonchev–Trinajstić information content (AvgIpc) is 2.40. The number of aromatic nitrogens is 1. The highest BCUT2D eigenvalue weighted by molar-refractivity contribution is 5.51. The van der Waals surface area contributed by atoms with Crippen LogP contribution in [0.1, 0.15) is 5.56 Å². The van der Waals surface area contributed by atoms with E-state index in [1.54, 1.807) is 6.07 Å². The van der Waals surface area contributed by atoms with Gasteiger partial charge in [0.2, 0.25) is 0 Å². The molecular weight excluding hydrogens is 244 g/mol. The Bertz CT molecular complexity index is 560. The Labute approximate surface area is 110 Å². The zero-order valence-corrected chi connectivity index (χ0v) is 10.3. The fourth-order valence-electron chi connectivity index (χ4n) is 1.77. The minimum Gasteiger partial charge on any atom is -0.397 e. The predicted molar refractivity (Wildman–Crippen MR) is 73.1 cm³/mol. The molecule has 0 saturated heterocycles. The van der Waals surface area contributed by atoms with Crippen LogP contribution in [0, 0.1) is 10.1 Å². The first kappa shape index (κ1) is 12.8. The van der Waals surface area contributed by atoms with E-state index in [-0.39, 0.29) is 6.54 Å². The monoisotopic (exact) mass is 258 g/mol. The Kier molecular flexibility index (Phi) is 3.92. The maximum absolute atomic E-state index is 11.1. The summed E-state index contributed by atoms with van der Waals surface area (Å²) in [6.45, 7) is 0.266. The summed E-state index contributed by atoms with van der Waals surface area (Å²) in [5.74, 6) is 0. The lowest BCUT2D eigenvalue weighted by atomic mass is 10.1. The summed E-state index contributed by atoms with van der Waals surface area (Å²) in [7, 11) is 0. The first-order valence-corrected chi connectivity index (χ1v) is 5.83. The second-order valence-electron chi connectivity index (χ2n) is 4.07. The van der Waals surface area contributed by atoms with Crippen molar-refractivity contribution in [1.29, 1.82) is 0 Å². The van der Waals surface area contributed by atoms with Crippen molar-refractivity contribution in [3.8, 4) is 0 Å². The number of hydrogen-bond donors (Lipinski definition) is 1. The molecule has 1 aromatic heterocycles. The number of pyridine rings is 1. The van der Waals surface area contributed by atoms with Gasteiger partial charge in [0.15, 0.2) is 5.03 Å². The van der Waals surface area contributed by atoms with E-state index in [4.69, 9.17) is 5.73 Å². The molecule has 0 bridgehead atoms. The number of hydrazine groups is 1. The lowest BCUT2D eigenvalue weighted by Gasteiger charge is -2.14. The molecule has 6 nitrogen and oxygen atoms in total. The number of nitrogen functional groups attached to an aromatic ring is 1. The molecule has 0 spiro atoms. The summed E-state index contributed by atoms with van der Waals surface area (Å²) in [4.78, 5) is 15.0. The van der Waals surface area contributed by atoms with E-state index in [0.29, 0.717) is 17.8 Å². The maximum Gasteiger partial charge on any atom is 0.165 e. The molecule has 6 heteroatoms. The molecule has 19 heavy (non-hydrogen) atoms. The van der Waals surface area contributed by atoms with E-state index in [0.717, 1.165) is 10.6 Å². The second-order valence-corrected chi connectivity index (χ2v) is 4.07. The molecule has 1 aromatic carbocycles. The number of rotatable bonds is 5. The fraction of sp³-hybridized carbons (Fsp3) is 0.154. The van der Waals surface area contributed by atoms with Crippen LogP contribution in [0.2, 0.25) is 0 Å². The molecule has 2 aromatic rings. The van der Waals surface area contributed by atoms with Crippen LogP contribution in [0.15, 0.2) is 48.8 Å².